The van der Waals surface area contributed by atoms with Crippen molar-refractivity contribution in [2.45, 2.75) is 6.42 Å². The van der Waals surface area contributed by atoms with E-state index in [2.05, 4.69) is 0 Å². The minimum atomic E-state index is -0.853. The van der Waals surface area contributed by atoms with Crippen LogP contribution in [0.1, 0.15) is 27.1 Å². The van der Waals surface area contributed by atoms with E-state index in [0.717, 1.165) is 11.0 Å². The summed E-state index contributed by atoms with van der Waals surface area (Å²) in [5.41, 5.74) is -0.359. The number of nitro benzene ring substituents is 1. The Morgan fingerprint density at radius 1 is 1.05 bits per heavy atom. The molecule has 0 bridgehead atoms. The highest BCUT2D eigenvalue weighted by Gasteiger charge is 2.42. The first-order valence-electron chi connectivity index (χ1n) is 11.3. The highest BCUT2D eigenvalue weighted by molar-refractivity contribution is 6.35. The Bertz CT molecular complexity index is 1540. The Morgan fingerprint density at radius 3 is 2.55 bits per heavy atom. The zero-order chi connectivity index (χ0) is 27.1. The van der Waals surface area contributed by atoms with Crippen molar-refractivity contribution < 1.29 is 33.6 Å². The molecular weight excluding hydrogens is 518 g/mol. The van der Waals surface area contributed by atoms with Gasteiger partial charge in [0.05, 0.1) is 34.9 Å². The largest absolute Gasteiger partial charge is 0.495 e. The van der Waals surface area contributed by atoms with Gasteiger partial charge in [-0.3, -0.25) is 29.3 Å². The van der Waals surface area contributed by atoms with Gasteiger partial charge >= 0.3 is 5.97 Å². The van der Waals surface area contributed by atoms with Crippen molar-refractivity contribution in [2.24, 2.45) is 5.92 Å². The highest BCUT2D eigenvalue weighted by Crippen LogP contribution is 2.37. The van der Waals surface area contributed by atoms with E-state index in [1.807, 2.05) is 0 Å². The van der Waals surface area contributed by atoms with Crippen LogP contribution < -0.4 is 19.3 Å². The van der Waals surface area contributed by atoms with Crippen LogP contribution in [0.3, 0.4) is 0 Å². The monoisotopic (exact) mass is 535 g/mol. The summed E-state index contributed by atoms with van der Waals surface area (Å²) in [6.45, 7) is 0.0378. The molecule has 1 atom stereocenters. The molecule has 0 aliphatic carbocycles. The summed E-state index contributed by atoms with van der Waals surface area (Å²) in [5.74, 6) is -2.92. The fourth-order valence-electron chi connectivity index (χ4n) is 4.51. The average Bonchev–Trinajstić information content (AvgIpc) is 3.41. The van der Waals surface area contributed by atoms with Crippen LogP contribution in [-0.4, -0.2) is 42.3 Å². The lowest BCUT2D eigenvalue weighted by Crippen LogP contribution is -2.29. The lowest BCUT2D eigenvalue weighted by molar-refractivity contribution is -0.385. The number of anilines is 2. The number of esters is 1. The molecule has 0 aromatic heterocycles. The van der Waals surface area contributed by atoms with Gasteiger partial charge in [-0.25, -0.2) is 4.90 Å². The maximum atomic E-state index is 13.0. The maximum Gasteiger partial charge on any atom is 0.316 e. The van der Waals surface area contributed by atoms with Crippen molar-refractivity contribution in [1.29, 1.82) is 0 Å². The van der Waals surface area contributed by atoms with Crippen LogP contribution in [0.4, 0.5) is 17.1 Å². The highest BCUT2D eigenvalue weighted by atomic mass is 35.5. The average molecular weight is 536 g/mol. The molecule has 38 heavy (non-hydrogen) atoms. The van der Waals surface area contributed by atoms with Gasteiger partial charge in [0.25, 0.3) is 17.5 Å². The number of carbonyl (C=O) groups is 4. The SMILES string of the molecule is COc1ccc(Cl)cc1N1C[C@@H](C(=O)Oc2cccc(N3C(=O)c4cccc([N+](=O)[O-])c4C3=O)c2)CC1=O. The molecule has 1 saturated heterocycles. The fraction of sp³-hybridized carbons (Fsp3) is 0.154. The van der Waals surface area contributed by atoms with E-state index in [4.69, 9.17) is 21.1 Å². The van der Waals surface area contributed by atoms with Crippen LogP contribution in [-0.2, 0) is 9.59 Å². The summed E-state index contributed by atoms with van der Waals surface area (Å²) in [7, 11) is 1.46. The third-order valence-electron chi connectivity index (χ3n) is 6.27. The molecule has 2 aliphatic heterocycles. The number of halogens is 1. The Balaban J connectivity index is 1.35. The molecule has 0 N–H and O–H groups in total. The van der Waals surface area contributed by atoms with Gasteiger partial charge in [-0.1, -0.05) is 23.7 Å². The van der Waals surface area contributed by atoms with E-state index in [1.54, 1.807) is 18.2 Å². The van der Waals surface area contributed by atoms with E-state index >= 15 is 0 Å². The Labute approximate surface area is 220 Å². The van der Waals surface area contributed by atoms with Gasteiger partial charge in [0.15, 0.2) is 0 Å². The number of amides is 3. The first-order chi connectivity index (χ1) is 18.2. The molecule has 3 amide bonds. The van der Waals surface area contributed by atoms with Crippen molar-refractivity contribution in [2.75, 3.05) is 23.5 Å². The number of benzene rings is 3. The number of hydrogen-bond acceptors (Lipinski definition) is 8. The molecule has 0 spiro atoms. The molecule has 3 aromatic carbocycles. The smallest absolute Gasteiger partial charge is 0.316 e. The van der Waals surface area contributed by atoms with Crippen molar-refractivity contribution >= 4 is 52.4 Å². The molecule has 12 heteroatoms. The van der Waals surface area contributed by atoms with Crippen LogP contribution in [0, 0.1) is 16.0 Å². The first-order valence-corrected chi connectivity index (χ1v) is 11.7. The Hall–Kier alpha value is -4.77. The summed E-state index contributed by atoms with van der Waals surface area (Å²) >= 11 is 6.08. The van der Waals surface area contributed by atoms with E-state index in [9.17, 15) is 29.3 Å². The van der Waals surface area contributed by atoms with Crippen LogP contribution >= 0.6 is 11.6 Å². The topological polar surface area (TPSA) is 136 Å². The molecule has 1 fully saturated rings. The molecule has 5 rings (SSSR count). The summed E-state index contributed by atoms with van der Waals surface area (Å²) in [5, 5.41) is 11.8. The van der Waals surface area contributed by atoms with Gasteiger partial charge in [-0.15, -0.1) is 0 Å². The molecule has 11 nitrogen and oxygen atoms in total. The third kappa shape index (κ3) is 4.22. The standard InChI is InChI=1S/C26H18ClN3O8/c1-37-21-9-8-15(27)11-20(21)28-13-14(10-22(28)31)26(34)38-17-5-2-4-16(12-17)29-24(32)18-6-3-7-19(30(35)36)23(18)25(29)33/h2-9,11-12,14H,10,13H2,1H3/t14-/m0/s1. The summed E-state index contributed by atoms with van der Waals surface area (Å²) in [4.78, 5) is 64.4. The zero-order valence-electron chi connectivity index (χ0n) is 19.8. The minimum Gasteiger partial charge on any atom is -0.495 e. The second kappa shape index (κ2) is 9.60. The van der Waals surface area contributed by atoms with Crippen molar-refractivity contribution in [3.8, 4) is 11.5 Å². The molecule has 2 aliphatic rings. The number of methoxy groups -OCH3 is 1. The predicted molar refractivity (Wildman–Crippen MR) is 135 cm³/mol. The predicted octanol–water partition coefficient (Wildman–Crippen LogP) is 4.02. The van der Waals surface area contributed by atoms with Crippen LogP contribution in [0.25, 0.3) is 0 Å². The Morgan fingerprint density at radius 2 is 1.82 bits per heavy atom. The molecule has 0 saturated carbocycles. The van der Waals surface area contributed by atoms with E-state index in [-0.39, 0.29) is 41.4 Å². The number of ether oxygens (including phenoxy) is 2. The molecule has 3 aromatic rings. The van der Waals surface area contributed by atoms with Gasteiger partial charge < -0.3 is 14.4 Å². The van der Waals surface area contributed by atoms with E-state index < -0.39 is 34.3 Å². The number of nitrogens with zero attached hydrogens (tertiary/aromatic N) is 3. The number of imide groups is 1. The third-order valence-corrected chi connectivity index (χ3v) is 6.51. The summed E-state index contributed by atoms with van der Waals surface area (Å²) in [6.07, 6.45) is -0.101. The van der Waals surface area contributed by atoms with Crippen LogP contribution in [0.15, 0.2) is 60.7 Å². The molecule has 192 valence electrons. The maximum absolute atomic E-state index is 13.0. The molecular formula is C26H18ClN3O8. The second-order valence-corrected chi connectivity index (χ2v) is 8.98. The molecule has 0 unspecified atom stereocenters. The van der Waals surface area contributed by atoms with Gasteiger partial charge in [0.2, 0.25) is 5.91 Å². The van der Waals surface area contributed by atoms with Gasteiger partial charge in [-0.2, -0.15) is 0 Å². The van der Waals surface area contributed by atoms with E-state index in [1.165, 1.54) is 48.4 Å². The van der Waals surface area contributed by atoms with Gasteiger partial charge in [-0.05, 0) is 36.4 Å². The number of carbonyl (C=O) groups excluding carboxylic acids is 4. The summed E-state index contributed by atoms with van der Waals surface area (Å²) < 4.78 is 10.8. The molecule has 0 radical (unpaired) electrons. The van der Waals surface area contributed by atoms with Crippen LogP contribution in [0.5, 0.6) is 11.5 Å². The van der Waals surface area contributed by atoms with Crippen molar-refractivity contribution in [3.05, 3.63) is 86.9 Å². The lowest BCUT2D eigenvalue weighted by Gasteiger charge is -2.19. The fourth-order valence-corrected chi connectivity index (χ4v) is 4.68. The number of hydrogen-bond donors (Lipinski definition) is 0. The zero-order valence-corrected chi connectivity index (χ0v) is 20.5. The van der Waals surface area contributed by atoms with Gasteiger partial charge in [0.1, 0.15) is 17.1 Å². The lowest BCUT2D eigenvalue weighted by atomic mass is 10.1. The first kappa shape index (κ1) is 24.9. The van der Waals surface area contributed by atoms with E-state index in [0.29, 0.717) is 16.5 Å². The molecule has 2 heterocycles. The van der Waals surface area contributed by atoms with Gasteiger partial charge in [0, 0.05) is 30.1 Å². The number of nitro groups is 1. The summed E-state index contributed by atoms with van der Waals surface area (Å²) in [6, 6.07) is 14.3. The quantitative estimate of drug-likeness (QED) is 0.152. The number of rotatable bonds is 6. The van der Waals surface area contributed by atoms with Crippen molar-refractivity contribution in [3.63, 3.8) is 0 Å². The normalized spacial score (nSPS) is 16.6. The second-order valence-electron chi connectivity index (χ2n) is 8.54. The minimum absolute atomic E-state index is 0.0322. The Kier molecular flexibility index (Phi) is 6.29. The van der Waals surface area contributed by atoms with Crippen LogP contribution in [0.2, 0.25) is 5.02 Å². The number of fused-ring (bicyclic) bond motifs is 1. The van der Waals surface area contributed by atoms with Crippen molar-refractivity contribution in [1.82, 2.24) is 0 Å².